The summed E-state index contributed by atoms with van der Waals surface area (Å²) in [6, 6.07) is 2.62. The first-order valence-electron chi connectivity index (χ1n) is 7.85. The smallest absolute Gasteiger partial charge is 0.365 e. The lowest BCUT2D eigenvalue weighted by atomic mass is 10.2. The van der Waals surface area contributed by atoms with Gasteiger partial charge in [-0.15, -0.1) is 0 Å². The van der Waals surface area contributed by atoms with Crippen molar-refractivity contribution in [3.8, 4) is 11.4 Å². The highest BCUT2D eigenvalue weighted by Crippen LogP contribution is 2.30. The third-order valence-corrected chi connectivity index (χ3v) is 4.14. The molecular formula is C16H15F3N6. The molecular weight excluding hydrogens is 333 g/mol. The van der Waals surface area contributed by atoms with Crippen molar-refractivity contribution in [1.29, 1.82) is 0 Å². The fourth-order valence-corrected chi connectivity index (χ4v) is 2.88. The Morgan fingerprint density at radius 2 is 2.08 bits per heavy atom. The fraction of sp³-hybridized carbons (Fsp3) is 0.312. The fourth-order valence-electron chi connectivity index (χ4n) is 2.88. The van der Waals surface area contributed by atoms with Gasteiger partial charge in [-0.05, 0) is 25.1 Å². The summed E-state index contributed by atoms with van der Waals surface area (Å²) in [5.41, 5.74) is 0.603. The van der Waals surface area contributed by atoms with E-state index in [0.717, 1.165) is 31.8 Å². The van der Waals surface area contributed by atoms with E-state index in [2.05, 4.69) is 25.6 Å². The number of hydrogen-bond acceptors (Lipinski definition) is 5. The molecule has 0 amide bonds. The van der Waals surface area contributed by atoms with Crippen LogP contribution in [0.1, 0.15) is 12.0 Å². The third-order valence-electron chi connectivity index (χ3n) is 4.14. The number of rotatable bonds is 3. The normalized spacial score (nSPS) is 18.0. The predicted octanol–water partition coefficient (Wildman–Crippen LogP) is 2.58. The van der Waals surface area contributed by atoms with Crippen molar-refractivity contribution in [2.75, 3.05) is 18.4 Å². The lowest BCUT2D eigenvalue weighted by Gasteiger charge is -2.12. The van der Waals surface area contributed by atoms with Crippen LogP contribution in [0.2, 0.25) is 0 Å². The average Bonchev–Trinajstić information content (AvgIpc) is 3.23. The van der Waals surface area contributed by atoms with Gasteiger partial charge in [0.15, 0.2) is 0 Å². The molecule has 0 bridgehead atoms. The topological polar surface area (TPSA) is 67.1 Å². The summed E-state index contributed by atoms with van der Waals surface area (Å²) in [4.78, 5) is 12.8. The van der Waals surface area contributed by atoms with Gasteiger partial charge in [0.2, 0.25) is 0 Å². The van der Waals surface area contributed by atoms with Crippen molar-refractivity contribution in [2.24, 2.45) is 0 Å². The maximum atomic E-state index is 13.0. The molecule has 3 aromatic rings. The number of anilines is 1. The second-order valence-corrected chi connectivity index (χ2v) is 5.91. The van der Waals surface area contributed by atoms with Crippen LogP contribution in [0.4, 0.5) is 19.0 Å². The number of halogens is 3. The van der Waals surface area contributed by atoms with Gasteiger partial charge in [0.1, 0.15) is 17.2 Å². The molecule has 1 saturated heterocycles. The zero-order valence-electron chi connectivity index (χ0n) is 13.1. The van der Waals surface area contributed by atoms with Crippen molar-refractivity contribution in [3.05, 3.63) is 42.5 Å². The molecule has 1 aliphatic rings. The van der Waals surface area contributed by atoms with Crippen LogP contribution in [0.5, 0.6) is 0 Å². The summed E-state index contributed by atoms with van der Waals surface area (Å²) in [6.07, 6.45) is 2.21. The van der Waals surface area contributed by atoms with Gasteiger partial charge in [0.05, 0.1) is 29.8 Å². The molecule has 0 spiro atoms. The molecule has 130 valence electrons. The Hall–Kier alpha value is -2.68. The van der Waals surface area contributed by atoms with E-state index in [0.29, 0.717) is 22.9 Å². The minimum atomic E-state index is -4.42. The van der Waals surface area contributed by atoms with E-state index >= 15 is 0 Å². The van der Waals surface area contributed by atoms with E-state index in [1.54, 1.807) is 6.20 Å². The molecule has 0 aliphatic carbocycles. The first-order valence-corrected chi connectivity index (χ1v) is 7.85. The van der Waals surface area contributed by atoms with Gasteiger partial charge in [-0.1, -0.05) is 0 Å². The Morgan fingerprint density at radius 3 is 2.84 bits per heavy atom. The molecule has 1 atom stereocenters. The maximum absolute atomic E-state index is 13.0. The number of alkyl halides is 3. The summed E-state index contributed by atoms with van der Waals surface area (Å²) in [5, 5.41) is 6.53. The monoisotopic (exact) mass is 348 g/mol. The standard InChI is InChI=1S/C16H15F3N6/c17-16(18,19)10-1-2-15-22-7-13(25(15)9-10)12-6-21-8-14(24-12)23-11-3-4-20-5-11/h1-2,6-9,11,20H,3-5H2,(H,23,24)/t11-/m0/s1. The van der Waals surface area contributed by atoms with E-state index < -0.39 is 11.7 Å². The van der Waals surface area contributed by atoms with Crippen LogP contribution >= 0.6 is 0 Å². The number of nitrogens with zero attached hydrogens (tertiary/aromatic N) is 4. The highest BCUT2D eigenvalue weighted by atomic mass is 19.4. The molecule has 0 aromatic carbocycles. The van der Waals surface area contributed by atoms with Gasteiger partial charge in [-0.3, -0.25) is 9.38 Å². The number of hydrogen-bond donors (Lipinski definition) is 2. The highest BCUT2D eigenvalue weighted by Gasteiger charge is 2.31. The number of imidazole rings is 1. The number of nitrogens with one attached hydrogen (secondary N) is 2. The second-order valence-electron chi connectivity index (χ2n) is 5.91. The quantitative estimate of drug-likeness (QED) is 0.762. The van der Waals surface area contributed by atoms with Crippen LogP contribution < -0.4 is 10.6 Å². The molecule has 0 unspecified atom stereocenters. The summed E-state index contributed by atoms with van der Waals surface area (Å²) in [6.45, 7) is 1.79. The number of aromatic nitrogens is 4. The van der Waals surface area contributed by atoms with E-state index in [1.807, 2.05) is 0 Å². The molecule has 4 heterocycles. The van der Waals surface area contributed by atoms with Gasteiger partial charge in [0, 0.05) is 18.8 Å². The molecule has 4 rings (SSSR count). The van der Waals surface area contributed by atoms with Crippen LogP contribution in [-0.2, 0) is 6.18 Å². The Kier molecular flexibility index (Phi) is 3.79. The van der Waals surface area contributed by atoms with Gasteiger partial charge in [-0.2, -0.15) is 13.2 Å². The van der Waals surface area contributed by atoms with Crippen molar-refractivity contribution in [2.45, 2.75) is 18.6 Å². The van der Waals surface area contributed by atoms with E-state index in [1.165, 1.54) is 22.9 Å². The minimum absolute atomic E-state index is 0.267. The molecule has 3 aromatic heterocycles. The Bertz CT molecular complexity index is 898. The SMILES string of the molecule is FC(F)(F)c1ccc2ncc(-c3cncc(N[C@H]4CCNC4)n3)n2c1. The van der Waals surface area contributed by atoms with Crippen LogP contribution in [0, 0.1) is 0 Å². The number of fused-ring (bicyclic) bond motifs is 1. The first-order chi connectivity index (χ1) is 12.0. The summed E-state index contributed by atoms with van der Waals surface area (Å²) < 4.78 is 40.3. The Labute approximate surface area is 141 Å². The zero-order valence-corrected chi connectivity index (χ0v) is 13.1. The van der Waals surface area contributed by atoms with Crippen molar-refractivity contribution >= 4 is 11.5 Å². The van der Waals surface area contributed by atoms with E-state index in [-0.39, 0.29) is 6.04 Å². The van der Waals surface area contributed by atoms with Gasteiger partial charge in [-0.25, -0.2) is 9.97 Å². The summed E-state index contributed by atoms with van der Waals surface area (Å²) in [5.74, 6) is 0.591. The van der Waals surface area contributed by atoms with Crippen LogP contribution in [-0.4, -0.2) is 38.5 Å². The number of pyridine rings is 1. The molecule has 1 aliphatic heterocycles. The van der Waals surface area contributed by atoms with Gasteiger partial charge < -0.3 is 10.6 Å². The largest absolute Gasteiger partial charge is 0.417 e. The average molecular weight is 348 g/mol. The molecule has 0 saturated carbocycles. The highest BCUT2D eigenvalue weighted by molar-refractivity contribution is 5.61. The van der Waals surface area contributed by atoms with E-state index in [4.69, 9.17) is 0 Å². The first kappa shape index (κ1) is 15.8. The third kappa shape index (κ3) is 3.14. The predicted molar refractivity (Wildman–Crippen MR) is 86.1 cm³/mol. The molecule has 9 heteroatoms. The van der Waals surface area contributed by atoms with Crippen LogP contribution in [0.15, 0.2) is 36.9 Å². The lowest BCUT2D eigenvalue weighted by molar-refractivity contribution is -0.137. The molecule has 25 heavy (non-hydrogen) atoms. The minimum Gasteiger partial charge on any atom is -0.365 e. The Balaban J connectivity index is 1.71. The lowest BCUT2D eigenvalue weighted by Crippen LogP contribution is -2.22. The van der Waals surface area contributed by atoms with Gasteiger partial charge >= 0.3 is 6.18 Å². The molecule has 6 nitrogen and oxygen atoms in total. The maximum Gasteiger partial charge on any atom is 0.417 e. The van der Waals surface area contributed by atoms with Crippen molar-refractivity contribution in [3.63, 3.8) is 0 Å². The molecule has 2 N–H and O–H groups in total. The van der Waals surface area contributed by atoms with Crippen LogP contribution in [0.25, 0.3) is 17.0 Å². The Morgan fingerprint density at radius 1 is 1.20 bits per heavy atom. The molecule has 0 radical (unpaired) electrons. The zero-order chi connectivity index (χ0) is 17.4. The van der Waals surface area contributed by atoms with Gasteiger partial charge in [0.25, 0.3) is 0 Å². The summed E-state index contributed by atoms with van der Waals surface area (Å²) in [7, 11) is 0. The second kappa shape index (κ2) is 5.99. The van der Waals surface area contributed by atoms with Crippen molar-refractivity contribution in [1.82, 2.24) is 24.7 Å². The van der Waals surface area contributed by atoms with E-state index in [9.17, 15) is 13.2 Å². The van der Waals surface area contributed by atoms with Crippen molar-refractivity contribution < 1.29 is 13.2 Å². The van der Waals surface area contributed by atoms with Crippen LogP contribution in [0.3, 0.4) is 0 Å². The molecule has 1 fully saturated rings. The summed E-state index contributed by atoms with van der Waals surface area (Å²) >= 11 is 0.